The Labute approximate surface area is 119 Å². The van der Waals surface area contributed by atoms with Gasteiger partial charge in [-0.05, 0) is 50.3 Å². The molecule has 0 amide bonds. The van der Waals surface area contributed by atoms with E-state index in [0.717, 1.165) is 12.8 Å². The Hall–Kier alpha value is -1.13. The van der Waals surface area contributed by atoms with E-state index >= 15 is 0 Å². The molecule has 20 heavy (non-hydrogen) atoms. The van der Waals surface area contributed by atoms with Crippen LogP contribution in [0.3, 0.4) is 0 Å². The van der Waals surface area contributed by atoms with Crippen LogP contribution < -0.4 is 10.1 Å². The lowest BCUT2D eigenvalue weighted by molar-refractivity contribution is -0.0362. The Balaban J connectivity index is 1.90. The van der Waals surface area contributed by atoms with Gasteiger partial charge in [0.2, 0.25) is 0 Å². The van der Waals surface area contributed by atoms with Crippen LogP contribution in [0.2, 0.25) is 0 Å². The zero-order valence-electron chi connectivity index (χ0n) is 11.9. The number of halogens is 1. The highest BCUT2D eigenvalue weighted by molar-refractivity contribution is 5.34. The normalized spacial score (nSPS) is 33.0. The van der Waals surface area contributed by atoms with Crippen LogP contribution in [0.5, 0.6) is 5.75 Å². The Kier molecular flexibility index (Phi) is 3.69. The van der Waals surface area contributed by atoms with Crippen molar-refractivity contribution < 1.29 is 14.2 Å². The molecule has 0 aromatic heterocycles. The zero-order valence-corrected chi connectivity index (χ0v) is 11.9. The number of hydrogen-bond donors (Lipinski definition) is 2. The highest BCUT2D eigenvalue weighted by Crippen LogP contribution is 2.40. The van der Waals surface area contributed by atoms with Crippen LogP contribution >= 0.6 is 0 Å². The SMILES string of the molecule is CCOc1cc(F)cc(C2(O)CC3CCCC(C2)N3)c1. The van der Waals surface area contributed by atoms with Gasteiger partial charge in [-0.15, -0.1) is 0 Å². The molecular formula is C16H22FNO2. The molecule has 2 N–H and O–H groups in total. The summed E-state index contributed by atoms with van der Waals surface area (Å²) in [4.78, 5) is 0. The molecule has 2 saturated heterocycles. The number of benzene rings is 1. The molecule has 3 rings (SSSR count). The minimum Gasteiger partial charge on any atom is -0.494 e. The van der Waals surface area contributed by atoms with Gasteiger partial charge in [0.25, 0.3) is 0 Å². The molecule has 2 atom stereocenters. The summed E-state index contributed by atoms with van der Waals surface area (Å²) in [7, 11) is 0. The van der Waals surface area contributed by atoms with Gasteiger partial charge in [-0.25, -0.2) is 4.39 Å². The van der Waals surface area contributed by atoms with E-state index in [9.17, 15) is 9.50 Å². The third-order valence-electron chi connectivity index (χ3n) is 4.46. The Morgan fingerprint density at radius 3 is 2.65 bits per heavy atom. The minimum atomic E-state index is -0.936. The van der Waals surface area contributed by atoms with Crippen LogP contribution in [0, 0.1) is 5.82 Å². The molecule has 2 aliphatic heterocycles. The van der Waals surface area contributed by atoms with Gasteiger partial charge in [-0.1, -0.05) is 6.42 Å². The number of rotatable bonds is 3. The number of nitrogens with one attached hydrogen (secondary N) is 1. The van der Waals surface area contributed by atoms with Gasteiger partial charge in [0.05, 0.1) is 12.2 Å². The summed E-state index contributed by atoms with van der Waals surface area (Å²) in [6, 6.07) is 5.28. The second-order valence-corrected chi connectivity index (χ2v) is 6.04. The molecule has 1 aromatic rings. The highest BCUT2D eigenvalue weighted by Gasteiger charge is 2.42. The van der Waals surface area contributed by atoms with Crippen molar-refractivity contribution in [2.75, 3.05) is 6.61 Å². The van der Waals surface area contributed by atoms with Crippen LogP contribution in [-0.4, -0.2) is 23.8 Å². The number of piperidine rings is 2. The smallest absolute Gasteiger partial charge is 0.127 e. The van der Waals surface area contributed by atoms with E-state index in [1.54, 1.807) is 6.07 Å². The second-order valence-electron chi connectivity index (χ2n) is 6.04. The summed E-state index contributed by atoms with van der Waals surface area (Å²) in [5.41, 5.74) is -0.283. The number of fused-ring (bicyclic) bond motifs is 2. The average Bonchev–Trinajstić information content (AvgIpc) is 2.38. The first-order valence-corrected chi connectivity index (χ1v) is 7.51. The largest absolute Gasteiger partial charge is 0.494 e. The summed E-state index contributed by atoms with van der Waals surface area (Å²) in [6.45, 7) is 2.36. The van der Waals surface area contributed by atoms with E-state index in [0.29, 0.717) is 42.8 Å². The zero-order chi connectivity index (χ0) is 14.2. The van der Waals surface area contributed by atoms with E-state index < -0.39 is 5.60 Å². The van der Waals surface area contributed by atoms with Gasteiger partial charge >= 0.3 is 0 Å². The van der Waals surface area contributed by atoms with Gasteiger partial charge in [0.15, 0.2) is 0 Å². The van der Waals surface area contributed by atoms with Gasteiger partial charge in [0, 0.05) is 18.2 Å². The van der Waals surface area contributed by atoms with E-state index in [1.807, 2.05) is 6.92 Å². The van der Waals surface area contributed by atoms with Crippen LogP contribution in [0.1, 0.15) is 44.6 Å². The molecule has 2 bridgehead atoms. The first kappa shape index (κ1) is 13.8. The number of aliphatic hydroxyl groups is 1. The fourth-order valence-corrected chi connectivity index (χ4v) is 3.65. The van der Waals surface area contributed by atoms with Crippen LogP contribution in [0.4, 0.5) is 4.39 Å². The standard InChI is InChI=1S/C16H22FNO2/c1-2-20-15-7-11(6-12(17)8-15)16(19)9-13-4-3-5-14(10-16)18-13/h6-8,13-14,18-19H,2-5,9-10H2,1H3. The third-order valence-corrected chi connectivity index (χ3v) is 4.46. The van der Waals surface area contributed by atoms with Gasteiger partial charge in [-0.3, -0.25) is 0 Å². The Morgan fingerprint density at radius 2 is 2.00 bits per heavy atom. The van der Waals surface area contributed by atoms with Gasteiger partial charge < -0.3 is 15.2 Å². The number of hydrogen-bond acceptors (Lipinski definition) is 3. The lowest BCUT2D eigenvalue weighted by atomic mass is 9.74. The monoisotopic (exact) mass is 279 g/mol. The molecule has 0 saturated carbocycles. The van der Waals surface area contributed by atoms with Crippen molar-refractivity contribution in [3.05, 3.63) is 29.6 Å². The van der Waals surface area contributed by atoms with Crippen LogP contribution in [0.25, 0.3) is 0 Å². The van der Waals surface area contributed by atoms with Crippen LogP contribution in [-0.2, 0) is 5.60 Å². The molecule has 2 aliphatic rings. The maximum atomic E-state index is 13.8. The van der Waals surface area contributed by atoms with Crippen molar-refractivity contribution in [1.82, 2.24) is 5.32 Å². The summed E-state index contributed by atoms with van der Waals surface area (Å²) < 4.78 is 19.1. The molecule has 1 aromatic carbocycles. The summed E-state index contributed by atoms with van der Waals surface area (Å²) >= 11 is 0. The quantitative estimate of drug-likeness (QED) is 0.894. The second kappa shape index (κ2) is 5.34. The molecule has 3 nitrogen and oxygen atoms in total. The molecule has 2 fully saturated rings. The molecule has 0 radical (unpaired) electrons. The first-order chi connectivity index (χ1) is 9.59. The fraction of sp³-hybridized carbons (Fsp3) is 0.625. The topological polar surface area (TPSA) is 41.5 Å². The van der Waals surface area contributed by atoms with Crippen LogP contribution in [0.15, 0.2) is 18.2 Å². The average molecular weight is 279 g/mol. The molecule has 0 spiro atoms. The molecule has 2 heterocycles. The van der Waals surface area contributed by atoms with Crippen molar-refractivity contribution in [1.29, 1.82) is 0 Å². The van der Waals surface area contributed by atoms with Crippen molar-refractivity contribution in [3.8, 4) is 5.75 Å². The number of ether oxygens (including phenoxy) is 1. The van der Waals surface area contributed by atoms with Gasteiger partial charge in [0.1, 0.15) is 11.6 Å². The highest BCUT2D eigenvalue weighted by atomic mass is 19.1. The van der Waals surface area contributed by atoms with E-state index in [-0.39, 0.29) is 5.82 Å². The summed E-state index contributed by atoms with van der Waals surface area (Å²) in [5.74, 6) is 0.155. The van der Waals surface area contributed by atoms with Crippen molar-refractivity contribution >= 4 is 0 Å². The van der Waals surface area contributed by atoms with Crippen molar-refractivity contribution in [3.63, 3.8) is 0 Å². The first-order valence-electron chi connectivity index (χ1n) is 7.51. The molecule has 2 unspecified atom stereocenters. The Bertz CT molecular complexity index is 479. The lowest BCUT2D eigenvalue weighted by Crippen LogP contribution is -2.54. The molecule has 0 aliphatic carbocycles. The van der Waals surface area contributed by atoms with E-state index in [1.165, 1.54) is 18.6 Å². The summed E-state index contributed by atoms with van der Waals surface area (Å²) in [5, 5.41) is 14.6. The maximum Gasteiger partial charge on any atom is 0.127 e. The molecule has 110 valence electrons. The predicted molar refractivity (Wildman–Crippen MR) is 75.3 cm³/mol. The molecule has 4 heteroatoms. The fourth-order valence-electron chi connectivity index (χ4n) is 3.65. The van der Waals surface area contributed by atoms with Crippen molar-refractivity contribution in [2.45, 2.75) is 56.7 Å². The maximum absolute atomic E-state index is 13.8. The predicted octanol–water partition coefficient (Wildman–Crippen LogP) is 2.72. The lowest BCUT2D eigenvalue weighted by Gasteiger charge is -2.45. The van der Waals surface area contributed by atoms with E-state index in [2.05, 4.69) is 5.32 Å². The molecular weight excluding hydrogens is 257 g/mol. The van der Waals surface area contributed by atoms with Crippen molar-refractivity contribution in [2.24, 2.45) is 0 Å². The van der Waals surface area contributed by atoms with E-state index in [4.69, 9.17) is 4.74 Å². The van der Waals surface area contributed by atoms with Gasteiger partial charge in [-0.2, -0.15) is 0 Å². The minimum absolute atomic E-state index is 0.339. The summed E-state index contributed by atoms with van der Waals surface area (Å²) in [6.07, 6.45) is 4.70. The Morgan fingerprint density at radius 1 is 1.30 bits per heavy atom. The third kappa shape index (κ3) is 2.67.